The number of allylic oxidation sites excluding steroid dienone is 1. The molecular formula is C25H31N3O4. The summed E-state index contributed by atoms with van der Waals surface area (Å²) in [5.74, 6) is 0.299. The van der Waals surface area contributed by atoms with Crippen LogP contribution in [0.2, 0.25) is 0 Å². The molecule has 7 heteroatoms. The van der Waals surface area contributed by atoms with Gasteiger partial charge in [-0.3, -0.25) is 4.68 Å². The van der Waals surface area contributed by atoms with Crippen molar-refractivity contribution in [3.05, 3.63) is 65.0 Å². The van der Waals surface area contributed by atoms with Gasteiger partial charge in [0.05, 0.1) is 5.69 Å². The highest BCUT2D eigenvalue weighted by molar-refractivity contribution is 5.94. The molecule has 0 spiro atoms. The first-order valence-corrected chi connectivity index (χ1v) is 10.5. The maximum atomic E-state index is 11.7. The highest BCUT2D eigenvalue weighted by Crippen LogP contribution is 2.32. The number of aromatic nitrogens is 2. The van der Waals surface area contributed by atoms with Crippen molar-refractivity contribution in [3.8, 4) is 6.07 Å². The molecule has 0 saturated heterocycles. The standard InChI is InChI=1S/C25H31N3O4/c1-8-14-30-24(29)32-16-31-23(22-17(3)18(4)27-28(22)9-2)21(15-26)19-10-12-20(13-11-19)25(5,6)7/h8,10-13H,1,9,14,16H2,2-7H3/b23-21-. The fraction of sp³-hybridized carbons (Fsp3) is 0.400. The summed E-state index contributed by atoms with van der Waals surface area (Å²) >= 11 is 0. The van der Waals surface area contributed by atoms with E-state index in [4.69, 9.17) is 14.2 Å². The average molecular weight is 438 g/mol. The van der Waals surface area contributed by atoms with Crippen LogP contribution in [0.25, 0.3) is 11.3 Å². The first kappa shape index (κ1) is 24.7. The van der Waals surface area contributed by atoms with Crippen LogP contribution in [0.5, 0.6) is 0 Å². The zero-order valence-corrected chi connectivity index (χ0v) is 19.7. The molecular weight excluding hydrogens is 406 g/mol. The van der Waals surface area contributed by atoms with E-state index in [1.807, 2.05) is 45.0 Å². The van der Waals surface area contributed by atoms with E-state index < -0.39 is 12.9 Å². The number of hydrogen-bond acceptors (Lipinski definition) is 6. The third kappa shape index (κ3) is 5.79. The summed E-state index contributed by atoms with van der Waals surface area (Å²) in [5, 5.41) is 14.6. The number of carbonyl (C=O) groups is 1. The van der Waals surface area contributed by atoms with Gasteiger partial charge in [0.15, 0.2) is 5.76 Å². The molecule has 1 aromatic heterocycles. The lowest BCUT2D eigenvalue weighted by Crippen LogP contribution is -2.13. The molecule has 0 fully saturated rings. The fourth-order valence-corrected chi connectivity index (χ4v) is 3.13. The Bertz CT molecular complexity index is 1030. The Kier molecular flexibility index (Phi) is 8.25. The number of aryl methyl sites for hydroxylation is 2. The van der Waals surface area contributed by atoms with Crippen molar-refractivity contribution in [1.82, 2.24) is 9.78 Å². The topological polar surface area (TPSA) is 86.4 Å². The van der Waals surface area contributed by atoms with E-state index in [2.05, 4.69) is 38.5 Å². The van der Waals surface area contributed by atoms with E-state index in [1.54, 1.807) is 4.68 Å². The summed E-state index contributed by atoms with van der Waals surface area (Å²) < 4.78 is 17.5. The van der Waals surface area contributed by atoms with Gasteiger partial charge in [-0.25, -0.2) is 4.79 Å². The Hall–Kier alpha value is -3.53. The fourth-order valence-electron chi connectivity index (χ4n) is 3.13. The average Bonchev–Trinajstić information content (AvgIpc) is 3.04. The number of ether oxygens (including phenoxy) is 3. The lowest BCUT2D eigenvalue weighted by atomic mass is 9.86. The summed E-state index contributed by atoms with van der Waals surface area (Å²) in [6.45, 7) is 15.9. The van der Waals surface area contributed by atoms with Crippen molar-refractivity contribution in [1.29, 1.82) is 5.26 Å². The molecule has 0 aliphatic carbocycles. The van der Waals surface area contributed by atoms with Gasteiger partial charge in [0, 0.05) is 12.1 Å². The molecule has 0 atom stereocenters. The molecule has 0 amide bonds. The Morgan fingerprint density at radius 2 is 1.84 bits per heavy atom. The second-order valence-corrected chi connectivity index (χ2v) is 8.27. The van der Waals surface area contributed by atoms with Gasteiger partial charge in [-0.1, -0.05) is 57.7 Å². The van der Waals surface area contributed by atoms with Crippen molar-refractivity contribution in [2.75, 3.05) is 13.4 Å². The quantitative estimate of drug-likeness (QED) is 0.178. The maximum absolute atomic E-state index is 11.7. The SMILES string of the molecule is C=CCOC(=O)OCO/C(=C(/C#N)c1ccc(C(C)(C)C)cc1)c1c(C)c(C)nn1CC. The van der Waals surface area contributed by atoms with Gasteiger partial charge < -0.3 is 14.2 Å². The summed E-state index contributed by atoms with van der Waals surface area (Å²) in [6, 6.07) is 10.1. The highest BCUT2D eigenvalue weighted by atomic mass is 16.8. The number of rotatable bonds is 8. The van der Waals surface area contributed by atoms with E-state index in [0.717, 1.165) is 16.8 Å². The van der Waals surface area contributed by atoms with Crippen molar-refractivity contribution in [2.24, 2.45) is 0 Å². The van der Waals surface area contributed by atoms with Crippen molar-refractivity contribution >= 4 is 17.5 Å². The second kappa shape index (κ2) is 10.7. The van der Waals surface area contributed by atoms with E-state index in [9.17, 15) is 10.1 Å². The van der Waals surface area contributed by atoms with Gasteiger partial charge in [0.25, 0.3) is 0 Å². The maximum Gasteiger partial charge on any atom is 0.511 e. The van der Waals surface area contributed by atoms with Crippen molar-refractivity contribution < 1.29 is 19.0 Å². The van der Waals surface area contributed by atoms with Gasteiger partial charge in [0.2, 0.25) is 6.79 Å². The van der Waals surface area contributed by atoms with Crippen LogP contribution in [0.1, 0.15) is 55.8 Å². The molecule has 0 unspecified atom stereocenters. The van der Waals surface area contributed by atoms with Gasteiger partial charge >= 0.3 is 6.16 Å². The lowest BCUT2D eigenvalue weighted by Gasteiger charge is -2.19. The molecule has 2 aromatic rings. The van der Waals surface area contributed by atoms with Crippen molar-refractivity contribution in [3.63, 3.8) is 0 Å². The predicted molar refractivity (Wildman–Crippen MR) is 124 cm³/mol. The number of benzene rings is 1. The normalized spacial score (nSPS) is 11.9. The van der Waals surface area contributed by atoms with Crippen LogP contribution in [0.4, 0.5) is 4.79 Å². The Labute approximate surface area is 189 Å². The number of nitriles is 1. The molecule has 1 heterocycles. The molecule has 0 aliphatic rings. The van der Waals surface area contributed by atoms with Crippen LogP contribution in [0.3, 0.4) is 0 Å². The molecule has 32 heavy (non-hydrogen) atoms. The third-order valence-electron chi connectivity index (χ3n) is 5.02. The first-order chi connectivity index (χ1) is 15.1. The lowest BCUT2D eigenvalue weighted by molar-refractivity contribution is -0.00154. The molecule has 2 rings (SSSR count). The Morgan fingerprint density at radius 3 is 2.38 bits per heavy atom. The van der Waals surface area contributed by atoms with Gasteiger partial charge in [0.1, 0.15) is 23.9 Å². The molecule has 7 nitrogen and oxygen atoms in total. The minimum absolute atomic E-state index is 0.0114. The van der Waals surface area contributed by atoms with E-state index in [1.165, 1.54) is 6.08 Å². The highest BCUT2D eigenvalue weighted by Gasteiger charge is 2.23. The Balaban J connectivity index is 2.53. The van der Waals surface area contributed by atoms with Crippen LogP contribution in [-0.2, 0) is 26.2 Å². The Morgan fingerprint density at radius 1 is 1.19 bits per heavy atom. The van der Waals surface area contributed by atoms with Crippen LogP contribution < -0.4 is 0 Å². The predicted octanol–water partition coefficient (Wildman–Crippen LogP) is 5.52. The zero-order valence-electron chi connectivity index (χ0n) is 19.7. The first-order valence-electron chi connectivity index (χ1n) is 10.5. The number of carbonyl (C=O) groups excluding carboxylic acids is 1. The molecule has 0 saturated carbocycles. The minimum atomic E-state index is -0.880. The molecule has 0 radical (unpaired) electrons. The summed E-state index contributed by atoms with van der Waals surface area (Å²) in [6.07, 6.45) is 0.559. The third-order valence-corrected chi connectivity index (χ3v) is 5.02. The van der Waals surface area contributed by atoms with Crippen LogP contribution in [-0.4, -0.2) is 29.3 Å². The van der Waals surface area contributed by atoms with Crippen LogP contribution >= 0.6 is 0 Å². The molecule has 0 N–H and O–H groups in total. The summed E-state index contributed by atoms with van der Waals surface area (Å²) in [5.41, 5.74) is 4.55. The number of nitrogens with zero attached hydrogens (tertiary/aromatic N) is 3. The monoisotopic (exact) mass is 437 g/mol. The molecule has 1 aromatic carbocycles. The largest absolute Gasteiger partial charge is 0.511 e. The molecule has 0 aliphatic heterocycles. The number of hydrogen-bond donors (Lipinski definition) is 0. The summed E-state index contributed by atoms with van der Waals surface area (Å²) in [7, 11) is 0. The van der Waals surface area contributed by atoms with Crippen LogP contribution in [0, 0.1) is 25.2 Å². The van der Waals surface area contributed by atoms with Gasteiger partial charge in [-0.05, 0) is 37.3 Å². The summed E-state index contributed by atoms with van der Waals surface area (Å²) in [4.78, 5) is 11.7. The van der Waals surface area contributed by atoms with E-state index >= 15 is 0 Å². The zero-order chi connectivity index (χ0) is 23.9. The van der Waals surface area contributed by atoms with E-state index in [0.29, 0.717) is 29.1 Å². The van der Waals surface area contributed by atoms with E-state index in [-0.39, 0.29) is 12.0 Å². The van der Waals surface area contributed by atoms with Gasteiger partial charge in [-0.2, -0.15) is 10.4 Å². The van der Waals surface area contributed by atoms with Gasteiger partial charge in [-0.15, -0.1) is 0 Å². The molecule has 0 bridgehead atoms. The van der Waals surface area contributed by atoms with Crippen LogP contribution in [0.15, 0.2) is 36.9 Å². The molecule has 170 valence electrons. The van der Waals surface area contributed by atoms with Crippen molar-refractivity contribution in [2.45, 2.75) is 53.5 Å². The minimum Gasteiger partial charge on any atom is -0.454 e. The smallest absolute Gasteiger partial charge is 0.454 e. The second-order valence-electron chi connectivity index (χ2n) is 8.27.